The van der Waals surface area contributed by atoms with Crippen LogP contribution in [0.4, 0.5) is 0 Å². The molecule has 0 aromatic rings. The van der Waals surface area contributed by atoms with E-state index in [4.69, 9.17) is 15.2 Å². The zero-order valence-electron chi connectivity index (χ0n) is 36.0. The summed E-state index contributed by atoms with van der Waals surface area (Å²) in [5.41, 5.74) is 5.71. The zero-order valence-corrected chi connectivity index (χ0v) is 36.0. The van der Waals surface area contributed by atoms with Crippen molar-refractivity contribution in [2.24, 2.45) is 17.6 Å². The lowest BCUT2D eigenvalue weighted by Gasteiger charge is -2.22. The molecule has 2 atom stereocenters. The first-order valence-corrected chi connectivity index (χ1v) is 23.8. The predicted molar refractivity (Wildman–Crippen MR) is 227 cm³/mol. The van der Waals surface area contributed by atoms with E-state index in [0.29, 0.717) is 50.9 Å². The third kappa shape index (κ3) is 31.6. The molecule has 1 fully saturated rings. The molecule has 0 spiro atoms. The van der Waals surface area contributed by atoms with Crippen LogP contribution in [0.2, 0.25) is 0 Å². The lowest BCUT2D eigenvalue weighted by atomic mass is 9.90. The minimum atomic E-state index is -0.00812. The summed E-state index contributed by atoms with van der Waals surface area (Å²) in [6.45, 7) is 7.68. The Balaban J connectivity index is 2.59. The van der Waals surface area contributed by atoms with Gasteiger partial charge in [0.05, 0.1) is 13.2 Å². The van der Waals surface area contributed by atoms with Gasteiger partial charge in [0.2, 0.25) is 5.91 Å². The summed E-state index contributed by atoms with van der Waals surface area (Å²) < 4.78 is 11.3. The molecule has 1 aliphatic rings. The minimum Gasteiger partial charge on any atom is -0.466 e. The predicted octanol–water partition coefficient (Wildman–Crippen LogP) is 12.8. The van der Waals surface area contributed by atoms with Crippen LogP contribution in [0.15, 0.2) is 0 Å². The number of amides is 1. The second-order valence-electron chi connectivity index (χ2n) is 16.8. The summed E-state index contributed by atoms with van der Waals surface area (Å²) in [6, 6.07) is 0. The van der Waals surface area contributed by atoms with Crippen molar-refractivity contribution in [3.05, 3.63) is 0 Å². The number of unbranched alkanes of at least 4 members (excludes halogenated alkanes) is 4. The Morgan fingerprint density at radius 3 is 1.30 bits per heavy atom. The van der Waals surface area contributed by atoms with Gasteiger partial charge in [-0.2, -0.15) is 0 Å². The minimum absolute atomic E-state index is 0.00812. The molecule has 7 nitrogen and oxygen atoms in total. The molecule has 0 saturated carbocycles. The second-order valence-corrected chi connectivity index (χ2v) is 16.8. The number of nitrogens with two attached hydrogens (primary N) is 1. The van der Waals surface area contributed by atoms with Crippen LogP contribution in [0.5, 0.6) is 0 Å². The molecular formula is C47H90N2O5. The molecule has 0 aromatic carbocycles. The van der Waals surface area contributed by atoms with Gasteiger partial charge in [-0.05, 0) is 50.4 Å². The number of rotatable bonds is 10. The number of ether oxygens (including phenoxy) is 2. The smallest absolute Gasteiger partial charge is 0.305 e. The maximum Gasteiger partial charge on any atom is 0.305 e. The quantitative estimate of drug-likeness (QED) is 0.176. The Bertz CT molecular complexity index is 807. The fourth-order valence-corrected chi connectivity index (χ4v) is 8.19. The highest BCUT2D eigenvalue weighted by Crippen LogP contribution is 2.25. The molecule has 7 heteroatoms. The highest BCUT2D eigenvalue weighted by atomic mass is 16.5. The largest absolute Gasteiger partial charge is 0.466 e. The number of cyclic esters (lactones) is 2. The van der Waals surface area contributed by atoms with Crippen molar-refractivity contribution in [2.75, 3.05) is 32.8 Å². The summed E-state index contributed by atoms with van der Waals surface area (Å²) in [7, 11) is 0. The third-order valence-corrected chi connectivity index (χ3v) is 11.8. The van der Waals surface area contributed by atoms with Gasteiger partial charge in [0.15, 0.2) is 0 Å². The van der Waals surface area contributed by atoms with E-state index in [1.165, 1.54) is 116 Å². The van der Waals surface area contributed by atoms with Crippen LogP contribution in [0.25, 0.3) is 0 Å². The fourth-order valence-electron chi connectivity index (χ4n) is 8.19. The average Bonchev–Trinajstić information content (AvgIpc) is 3.16. The van der Waals surface area contributed by atoms with Gasteiger partial charge in [-0.3, -0.25) is 14.4 Å². The molecule has 0 aliphatic carbocycles. The van der Waals surface area contributed by atoms with Crippen molar-refractivity contribution >= 4 is 17.8 Å². The van der Waals surface area contributed by atoms with Gasteiger partial charge >= 0.3 is 11.9 Å². The molecule has 1 heterocycles. The molecule has 0 radical (unpaired) electrons. The highest BCUT2D eigenvalue weighted by molar-refractivity contribution is 5.76. The van der Waals surface area contributed by atoms with Gasteiger partial charge in [0.1, 0.15) is 0 Å². The van der Waals surface area contributed by atoms with Gasteiger partial charge in [-0.15, -0.1) is 0 Å². The standard InChI is InChI=1S/C47H90N2O5/c1-3-5-21-29-43-31-23-15-9-7-8-10-16-24-32-44(30-22-6-4-2)34-36-47(52)54-42-28-20-14-12-18-26-40-49(45(50)37-38-48)39-25-17-11-13-19-27-41-53-46(51)35-33-43/h43-44H,3-42,48H2,1-2H3. The topological polar surface area (TPSA) is 98.9 Å². The maximum absolute atomic E-state index is 12.7. The first-order chi connectivity index (χ1) is 26.5. The van der Waals surface area contributed by atoms with E-state index in [9.17, 15) is 14.4 Å². The van der Waals surface area contributed by atoms with Gasteiger partial charge < -0.3 is 20.1 Å². The molecule has 0 bridgehead atoms. The Morgan fingerprint density at radius 1 is 0.537 bits per heavy atom. The molecule has 2 N–H and O–H groups in total. The Kier molecular flexibility index (Phi) is 35.7. The second kappa shape index (κ2) is 38.3. The maximum atomic E-state index is 12.7. The van der Waals surface area contributed by atoms with E-state index in [1.54, 1.807) is 0 Å². The van der Waals surface area contributed by atoms with Crippen molar-refractivity contribution in [3.8, 4) is 0 Å². The lowest BCUT2D eigenvalue weighted by Crippen LogP contribution is -2.34. The Labute approximate surface area is 334 Å². The van der Waals surface area contributed by atoms with Crippen molar-refractivity contribution in [1.29, 1.82) is 0 Å². The number of hydrogen-bond donors (Lipinski definition) is 1. The van der Waals surface area contributed by atoms with Crippen molar-refractivity contribution in [2.45, 2.75) is 239 Å². The van der Waals surface area contributed by atoms with Gasteiger partial charge in [-0.1, -0.05) is 181 Å². The van der Waals surface area contributed by atoms with Crippen molar-refractivity contribution in [1.82, 2.24) is 4.90 Å². The molecule has 1 amide bonds. The Morgan fingerprint density at radius 2 is 0.907 bits per heavy atom. The SMILES string of the molecule is CCCCCC1CCCCCCCCCCC(CCCCC)CCC(=O)OCCCCCCCCN(C(=O)CCN)CCCCCCCCOC(=O)CC1. The van der Waals surface area contributed by atoms with Crippen LogP contribution in [0.3, 0.4) is 0 Å². The first kappa shape index (κ1) is 50.4. The molecule has 54 heavy (non-hydrogen) atoms. The molecule has 1 rings (SSSR count). The van der Waals surface area contributed by atoms with E-state index < -0.39 is 0 Å². The van der Waals surface area contributed by atoms with Crippen LogP contribution >= 0.6 is 0 Å². The fraction of sp³-hybridized carbons (Fsp3) is 0.936. The molecule has 2 unspecified atom stereocenters. The molecule has 1 aliphatic heterocycles. The number of carbonyl (C=O) groups excluding carboxylic acids is 3. The van der Waals surface area contributed by atoms with E-state index >= 15 is 0 Å². The van der Waals surface area contributed by atoms with Crippen LogP contribution in [-0.4, -0.2) is 55.6 Å². The number of nitrogens with zero attached hydrogens (tertiary/aromatic N) is 1. The summed E-state index contributed by atoms with van der Waals surface area (Å²) >= 11 is 0. The van der Waals surface area contributed by atoms with Crippen LogP contribution in [0.1, 0.15) is 239 Å². The number of esters is 2. The first-order valence-electron chi connectivity index (χ1n) is 23.8. The van der Waals surface area contributed by atoms with Crippen LogP contribution in [-0.2, 0) is 23.9 Å². The van der Waals surface area contributed by atoms with E-state index in [1.807, 2.05) is 4.90 Å². The average molecular weight is 763 g/mol. The summed E-state index contributed by atoms with van der Waals surface area (Å²) in [4.78, 5) is 39.8. The highest BCUT2D eigenvalue weighted by Gasteiger charge is 2.15. The lowest BCUT2D eigenvalue weighted by molar-refractivity contribution is -0.145. The molecule has 1 saturated heterocycles. The van der Waals surface area contributed by atoms with Gasteiger partial charge in [0, 0.05) is 38.9 Å². The normalized spacial score (nSPS) is 22.8. The molecule has 0 aromatic heterocycles. The Hall–Kier alpha value is -1.63. The van der Waals surface area contributed by atoms with Crippen molar-refractivity contribution in [3.63, 3.8) is 0 Å². The van der Waals surface area contributed by atoms with Crippen LogP contribution < -0.4 is 5.73 Å². The van der Waals surface area contributed by atoms with Gasteiger partial charge in [0.25, 0.3) is 0 Å². The molecular weight excluding hydrogens is 673 g/mol. The number of hydrogen-bond acceptors (Lipinski definition) is 6. The third-order valence-electron chi connectivity index (χ3n) is 11.8. The van der Waals surface area contributed by atoms with E-state index in [-0.39, 0.29) is 17.8 Å². The zero-order chi connectivity index (χ0) is 39.2. The van der Waals surface area contributed by atoms with Crippen LogP contribution in [0, 0.1) is 11.8 Å². The van der Waals surface area contributed by atoms with E-state index in [2.05, 4.69) is 13.8 Å². The molecule has 318 valence electrons. The summed E-state index contributed by atoms with van der Waals surface area (Å²) in [6.07, 6.45) is 39.7. The van der Waals surface area contributed by atoms with E-state index in [0.717, 1.165) is 103 Å². The summed E-state index contributed by atoms with van der Waals surface area (Å²) in [5, 5.41) is 0. The summed E-state index contributed by atoms with van der Waals surface area (Å²) in [5.74, 6) is 1.47. The van der Waals surface area contributed by atoms with Crippen molar-refractivity contribution < 1.29 is 23.9 Å². The van der Waals surface area contributed by atoms with Gasteiger partial charge in [-0.25, -0.2) is 0 Å². The number of carbonyl (C=O) groups is 3. The monoisotopic (exact) mass is 763 g/mol.